The summed E-state index contributed by atoms with van der Waals surface area (Å²) < 4.78 is 28.1. The molecule has 2 aromatic carbocycles. The molecule has 7 nitrogen and oxygen atoms in total. The Balaban J connectivity index is 1.34. The van der Waals surface area contributed by atoms with Crippen molar-refractivity contribution in [3.8, 4) is 0 Å². The largest absolute Gasteiger partial charge is 0.294 e. The first kappa shape index (κ1) is 20.0. The van der Waals surface area contributed by atoms with Gasteiger partial charge in [-0.05, 0) is 24.1 Å². The van der Waals surface area contributed by atoms with Crippen LogP contribution in [-0.4, -0.2) is 33.6 Å². The zero-order valence-electron chi connectivity index (χ0n) is 16.9. The average molecular weight is 443 g/mol. The van der Waals surface area contributed by atoms with Gasteiger partial charge in [-0.15, -0.1) is 0 Å². The van der Waals surface area contributed by atoms with Crippen molar-refractivity contribution in [1.82, 2.24) is 19.4 Å². The number of ketones is 1. The minimum atomic E-state index is -3.72. The number of hydrogen-bond donors (Lipinski definition) is 0. The van der Waals surface area contributed by atoms with E-state index >= 15 is 0 Å². The number of hydrogen-bond acceptors (Lipinski definition) is 6. The first-order chi connectivity index (χ1) is 15.5. The van der Waals surface area contributed by atoms with Gasteiger partial charge in [0.1, 0.15) is 0 Å². The number of benzene rings is 2. The van der Waals surface area contributed by atoms with E-state index < -0.39 is 9.84 Å². The molecule has 0 aliphatic heterocycles. The lowest BCUT2D eigenvalue weighted by Crippen LogP contribution is -2.05. The number of pyridine rings is 1. The van der Waals surface area contributed by atoms with Crippen LogP contribution in [-0.2, 0) is 16.3 Å². The second kappa shape index (κ2) is 7.97. The predicted molar refractivity (Wildman–Crippen MR) is 119 cm³/mol. The van der Waals surface area contributed by atoms with Gasteiger partial charge in [-0.25, -0.2) is 18.4 Å². The van der Waals surface area contributed by atoms with Gasteiger partial charge in [0, 0.05) is 54.4 Å². The predicted octanol–water partition coefficient (Wildman–Crippen LogP) is 3.93. The van der Waals surface area contributed by atoms with Gasteiger partial charge in [-0.1, -0.05) is 36.4 Å². The van der Waals surface area contributed by atoms with E-state index in [-0.39, 0.29) is 15.6 Å². The third-order valence-corrected chi connectivity index (χ3v) is 7.16. The monoisotopic (exact) mass is 442 g/mol. The molecule has 0 unspecified atom stereocenters. The Morgan fingerprint density at radius 2 is 1.75 bits per heavy atom. The Kier molecular flexibility index (Phi) is 4.99. The molecule has 0 spiro atoms. The normalized spacial score (nSPS) is 11.8. The second-order valence-corrected chi connectivity index (χ2v) is 9.32. The van der Waals surface area contributed by atoms with Gasteiger partial charge in [0.2, 0.25) is 15.6 Å². The van der Waals surface area contributed by atoms with E-state index in [1.807, 2.05) is 18.2 Å². The van der Waals surface area contributed by atoms with Gasteiger partial charge in [-0.3, -0.25) is 14.2 Å². The van der Waals surface area contributed by atoms with Crippen LogP contribution in [0, 0.1) is 0 Å². The fraction of sp³-hybridized carbons (Fsp3) is 0.0833. The Bertz CT molecular complexity index is 1550. The van der Waals surface area contributed by atoms with Crippen LogP contribution in [0.25, 0.3) is 16.6 Å². The van der Waals surface area contributed by atoms with Crippen molar-refractivity contribution in [3.63, 3.8) is 0 Å². The van der Waals surface area contributed by atoms with Crippen LogP contribution in [0.2, 0.25) is 0 Å². The first-order valence-corrected chi connectivity index (χ1v) is 11.5. The van der Waals surface area contributed by atoms with Crippen molar-refractivity contribution in [3.05, 3.63) is 96.8 Å². The lowest BCUT2D eigenvalue weighted by molar-refractivity contribution is 0.0982. The number of aryl methyl sites for hydroxylation is 1. The van der Waals surface area contributed by atoms with Gasteiger partial charge in [0.25, 0.3) is 0 Å². The minimum Gasteiger partial charge on any atom is -0.294 e. The van der Waals surface area contributed by atoms with Crippen molar-refractivity contribution in [1.29, 1.82) is 0 Å². The molecule has 0 atom stereocenters. The maximum atomic E-state index is 13.2. The average Bonchev–Trinajstić information content (AvgIpc) is 3.30. The Morgan fingerprint density at radius 3 is 2.59 bits per heavy atom. The summed E-state index contributed by atoms with van der Waals surface area (Å²) in [6.45, 7) is 0. The van der Waals surface area contributed by atoms with Crippen LogP contribution in [0.4, 0.5) is 0 Å². The summed E-state index contributed by atoms with van der Waals surface area (Å²) in [5.41, 5.74) is 1.39. The van der Waals surface area contributed by atoms with Crippen LogP contribution in [0.3, 0.4) is 0 Å². The molecule has 8 heteroatoms. The van der Waals surface area contributed by atoms with Crippen LogP contribution in [0.1, 0.15) is 22.3 Å². The summed E-state index contributed by atoms with van der Waals surface area (Å²) >= 11 is 0. The molecule has 0 N–H and O–H groups in total. The van der Waals surface area contributed by atoms with Gasteiger partial charge >= 0.3 is 0 Å². The van der Waals surface area contributed by atoms with Crippen LogP contribution < -0.4 is 0 Å². The highest BCUT2D eigenvalue weighted by atomic mass is 32.2. The second-order valence-electron chi connectivity index (χ2n) is 7.41. The molecular weight excluding hydrogens is 424 g/mol. The quantitative estimate of drug-likeness (QED) is 0.370. The van der Waals surface area contributed by atoms with Crippen LogP contribution >= 0.6 is 0 Å². The highest BCUT2D eigenvalue weighted by molar-refractivity contribution is 7.91. The summed E-state index contributed by atoms with van der Waals surface area (Å²) in [6.07, 6.45) is 10.4. The molecule has 5 rings (SSSR count). The number of carbonyl (C=O) groups is 1. The smallest absolute Gasteiger partial charge is 0.233 e. The molecule has 3 aromatic heterocycles. The summed E-state index contributed by atoms with van der Waals surface area (Å²) in [5.74, 6) is 0.506. The van der Waals surface area contributed by atoms with E-state index in [0.717, 1.165) is 10.9 Å². The number of carbonyl (C=O) groups excluding carboxylic acids is 1. The number of sulfone groups is 1. The van der Waals surface area contributed by atoms with Crippen molar-refractivity contribution >= 4 is 32.2 Å². The Hall–Kier alpha value is -3.91. The van der Waals surface area contributed by atoms with Gasteiger partial charge in [0.05, 0.1) is 15.4 Å². The molecule has 0 bridgehead atoms. The number of rotatable bonds is 6. The van der Waals surface area contributed by atoms with Gasteiger partial charge < -0.3 is 0 Å². The van der Waals surface area contributed by atoms with Crippen molar-refractivity contribution < 1.29 is 13.2 Å². The van der Waals surface area contributed by atoms with E-state index in [2.05, 4.69) is 15.0 Å². The summed E-state index contributed by atoms with van der Waals surface area (Å²) in [7, 11) is -3.72. The molecular formula is C24H18N4O3S. The summed E-state index contributed by atoms with van der Waals surface area (Å²) in [5, 5.41) is 1.41. The zero-order chi connectivity index (χ0) is 22.1. The van der Waals surface area contributed by atoms with Gasteiger partial charge in [-0.2, -0.15) is 0 Å². The van der Waals surface area contributed by atoms with E-state index in [0.29, 0.717) is 29.6 Å². The molecule has 0 radical (unpaired) electrons. The fourth-order valence-corrected chi connectivity index (χ4v) is 5.05. The molecule has 158 valence electrons. The number of imidazole rings is 1. The standard InChI is InChI=1S/C24H18N4O3S/c29-22(19-14-27-24-26-11-12-28(24)16-19)10-7-17-5-8-20(9-6-17)32(30,31)23-15-25-13-18-3-1-2-4-21(18)23/h1-6,8-9,11-16H,7,10H2. The highest BCUT2D eigenvalue weighted by Gasteiger charge is 2.20. The Morgan fingerprint density at radius 1 is 0.938 bits per heavy atom. The SMILES string of the molecule is O=C(CCc1ccc(S(=O)(=O)c2cncc3ccccc23)cc1)c1cnc2nccn2c1. The van der Waals surface area contributed by atoms with Crippen molar-refractivity contribution in [2.24, 2.45) is 0 Å². The summed E-state index contributed by atoms with van der Waals surface area (Å²) in [4.78, 5) is 25.2. The number of nitrogens with zero attached hydrogens (tertiary/aromatic N) is 4. The zero-order valence-corrected chi connectivity index (χ0v) is 17.7. The van der Waals surface area contributed by atoms with E-state index in [1.54, 1.807) is 59.5 Å². The number of aromatic nitrogens is 4. The molecule has 0 saturated carbocycles. The molecule has 0 aliphatic carbocycles. The van der Waals surface area contributed by atoms with Crippen LogP contribution in [0.15, 0.2) is 95.5 Å². The van der Waals surface area contributed by atoms with E-state index in [4.69, 9.17) is 0 Å². The maximum Gasteiger partial charge on any atom is 0.233 e. The minimum absolute atomic E-state index is 0.0355. The lowest BCUT2D eigenvalue weighted by atomic mass is 10.0. The molecule has 0 saturated heterocycles. The number of fused-ring (bicyclic) bond motifs is 2. The van der Waals surface area contributed by atoms with Crippen LogP contribution in [0.5, 0.6) is 0 Å². The highest BCUT2D eigenvalue weighted by Crippen LogP contribution is 2.27. The number of Topliss-reactive ketones (excluding diaryl/α,β-unsaturated/α-hetero) is 1. The van der Waals surface area contributed by atoms with Crippen molar-refractivity contribution in [2.75, 3.05) is 0 Å². The molecule has 0 aliphatic rings. The van der Waals surface area contributed by atoms with E-state index in [9.17, 15) is 13.2 Å². The third kappa shape index (κ3) is 3.65. The summed E-state index contributed by atoms with van der Waals surface area (Å²) in [6, 6.07) is 13.9. The third-order valence-electron chi connectivity index (χ3n) is 5.36. The molecule has 3 heterocycles. The molecule has 32 heavy (non-hydrogen) atoms. The molecule has 0 fully saturated rings. The fourth-order valence-electron chi connectivity index (χ4n) is 3.63. The topological polar surface area (TPSA) is 94.3 Å². The van der Waals surface area contributed by atoms with E-state index in [1.165, 1.54) is 12.4 Å². The maximum absolute atomic E-state index is 13.2. The molecule has 0 amide bonds. The lowest BCUT2D eigenvalue weighted by Gasteiger charge is -2.09. The van der Waals surface area contributed by atoms with Gasteiger partial charge in [0.15, 0.2) is 5.78 Å². The first-order valence-electron chi connectivity index (χ1n) is 10.0. The van der Waals surface area contributed by atoms with Crippen molar-refractivity contribution in [2.45, 2.75) is 22.6 Å². The Labute approximate surface area is 184 Å². The molecule has 5 aromatic rings.